The number of nitrogens with zero attached hydrogens (tertiary/aromatic N) is 2. The van der Waals surface area contributed by atoms with E-state index in [1.54, 1.807) is 18.2 Å². The van der Waals surface area contributed by atoms with Gasteiger partial charge in [-0.05, 0) is 106 Å². The molecule has 0 fully saturated rings. The van der Waals surface area contributed by atoms with E-state index in [1.807, 2.05) is 0 Å². The van der Waals surface area contributed by atoms with Gasteiger partial charge in [-0.1, -0.05) is 11.6 Å². The van der Waals surface area contributed by atoms with Crippen LogP contribution >= 0.6 is 75.3 Å². The van der Waals surface area contributed by atoms with Crippen LogP contribution in [0.3, 0.4) is 0 Å². The number of hydrazone groups is 1. The van der Waals surface area contributed by atoms with E-state index in [2.05, 4.69) is 74.2 Å². The standard InChI is InChI=1S/C22H12Br4ClN3O6/c23-14-7-11(1-6-17(14)36-22(32)12-2-4-13(5-3-12)30(33)34)9-28-29-18(31)10-35-21-16(25)8-15(24)20(27)19(21)26/h1-9H,10H2,(H,29,31)/b28-9+. The number of hydrogen-bond acceptors (Lipinski definition) is 7. The van der Waals surface area contributed by atoms with E-state index in [0.717, 1.165) is 0 Å². The number of amides is 1. The maximum Gasteiger partial charge on any atom is 0.343 e. The molecule has 0 aliphatic heterocycles. The Morgan fingerprint density at radius 3 is 2.36 bits per heavy atom. The summed E-state index contributed by atoms with van der Waals surface area (Å²) in [7, 11) is 0. The zero-order valence-electron chi connectivity index (χ0n) is 17.6. The first-order valence-corrected chi connectivity index (χ1v) is 13.2. The zero-order valence-corrected chi connectivity index (χ0v) is 24.7. The van der Waals surface area contributed by atoms with E-state index in [4.69, 9.17) is 21.1 Å². The highest BCUT2D eigenvalue weighted by molar-refractivity contribution is 9.11. The maximum absolute atomic E-state index is 12.3. The summed E-state index contributed by atoms with van der Waals surface area (Å²) >= 11 is 19.4. The fraction of sp³-hybridized carbons (Fsp3) is 0.0455. The Bertz CT molecular complexity index is 1370. The van der Waals surface area contributed by atoms with Crippen molar-refractivity contribution in [2.75, 3.05) is 6.61 Å². The Labute approximate surface area is 242 Å². The van der Waals surface area contributed by atoms with Gasteiger partial charge < -0.3 is 9.47 Å². The summed E-state index contributed by atoms with van der Waals surface area (Å²) in [5, 5.41) is 15.0. The lowest BCUT2D eigenvalue weighted by Gasteiger charge is -2.11. The molecule has 1 N–H and O–H groups in total. The van der Waals surface area contributed by atoms with E-state index in [1.165, 1.54) is 36.5 Å². The number of nitrogens with one attached hydrogen (secondary N) is 1. The van der Waals surface area contributed by atoms with Crippen molar-refractivity contribution in [3.05, 3.63) is 92.7 Å². The molecule has 36 heavy (non-hydrogen) atoms. The van der Waals surface area contributed by atoms with Crippen molar-refractivity contribution < 1.29 is 24.0 Å². The molecule has 0 heterocycles. The van der Waals surface area contributed by atoms with Gasteiger partial charge >= 0.3 is 5.97 Å². The second kappa shape index (κ2) is 12.8. The summed E-state index contributed by atoms with van der Waals surface area (Å²) in [4.78, 5) is 34.6. The number of esters is 1. The quantitative estimate of drug-likeness (QED) is 0.0499. The molecule has 14 heteroatoms. The highest BCUT2D eigenvalue weighted by atomic mass is 79.9. The van der Waals surface area contributed by atoms with Crippen LogP contribution < -0.4 is 14.9 Å². The molecule has 186 valence electrons. The molecule has 3 rings (SSSR count). The predicted molar refractivity (Wildman–Crippen MR) is 148 cm³/mol. The van der Waals surface area contributed by atoms with Crippen molar-refractivity contribution in [3.63, 3.8) is 0 Å². The monoisotopic (exact) mass is 765 g/mol. The van der Waals surface area contributed by atoms with Crippen LogP contribution in [0.5, 0.6) is 11.5 Å². The predicted octanol–water partition coefficient (Wildman–Crippen LogP) is 7.05. The average Bonchev–Trinajstić information content (AvgIpc) is 2.84. The van der Waals surface area contributed by atoms with E-state index >= 15 is 0 Å². The molecule has 0 radical (unpaired) electrons. The van der Waals surface area contributed by atoms with Crippen molar-refractivity contribution >= 4 is 99.1 Å². The summed E-state index contributed by atoms with van der Waals surface area (Å²) in [5.74, 6) is -0.580. The van der Waals surface area contributed by atoms with Crippen LogP contribution in [0, 0.1) is 10.1 Å². The lowest BCUT2D eigenvalue weighted by Crippen LogP contribution is -2.24. The van der Waals surface area contributed by atoms with Crippen molar-refractivity contribution in [2.45, 2.75) is 0 Å². The molecule has 3 aromatic carbocycles. The molecule has 0 spiro atoms. The summed E-state index contributed by atoms with van der Waals surface area (Å²) in [6.07, 6.45) is 1.40. The van der Waals surface area contributed by atoms with Gasteiger partial charge in [0.15, 0.2) is 6.61 Å². The number of non-ortho nitro benzene ring substituents is 1. The van der Waals surface area contributed by atoms with Gasteiger partial charge in [0.25, 0.3) is 11.6 Å². The second-order valence-corrected chi connectivity index (χ2v) is 10.5. The number of ether oxygens (including phenoxy) is 2. The van der Waals surface area contributed by atoms with Crippen molar-refractivity contribution in [2.24, 2.45) is 5.10 Å². The van der Waals surface area contributed by atoms with E-state index in [-0.39, 0.29) is 23.6 Å². The molecule has 0 atom stereocenters. The first kappa shape index (κ1) is 28.3. The van der Waals surface area contributed by atoms with Gasteiger partial charge in [0.05, 0.1) is 35.1 Å². The number of hydrogen-bond donors (Lipinski definition) is 1. The molecule has 0 saturated heterocycles. The fourth-order valence-electron chi connectivity index (χ4n) is 2.59. The minimum atomic E-state index is -0.676. The Balaban J connectivity index is 1.55. The number of halogens is 5. The largest absolute Gasteiger partial charge is 0.481 e. The lowest BCUT2D eigenvalue weighted by molar-refractivity contribution is -0.384. The number of benzene rings is 3. The van der Waals surface area contributed by atoms with Crippen LogP contribution in [0.25, 0.3) is 0 Å². The summed E-state index contributed by atoms with van der Waals surface area (Å²) in [6, 6.07) is 11.5. The van der Waals surface area contributed by atoms with E-state index in [0.29, 0.717) is 34.2 Å². The fourth-order valence-corrected chi connectivity index (χ4v) is 5.56. The molecule has 9 nitrogen and oxygen atoms in total. The summed E-state index contributed by atoms with van der Waals surface area (Å²) in [5.41, 5.74) is 2.98. The summed E-state index contributed by atoms with van der Waals surface area (Å²) in [6.45, 7) is -0.312. The van der Waals surface area contributed by atoms with Crippen LogP contribution in [0.2, 0.25) is 5.02 Å². The number of carbonyl (C=O) groups excluding carboxylic acids is 2. The Hall–Kier alpha value is -2.32. The topological polar surface area (TPSA) is 120 Å². The van der Waals surface area contributed by atoms with Gasteiger partial charge in [0.2, 0.25) is 0 Å². The minimum absolute atomic E-state index is 0.131. The van der Waals surface area contributed by atoms with Gasteiger partial charge in [-0.3, -0.25) is 14.9 Å². The third-order valence-corrected chi connectivity index (χ3v) is 7.73. The Morgan fingerprint density at radius 1 is 1.03 bits per heavy atom. The third kappa shape index (κ3) is 7.35. The van der Waals surface area contributed by atoms with Crippen molar-refractivity contribution in [3.8, 4) is 11.5 Å². The molecular weight excluding hydrogens is 757 g/mol. The molecule has 0 bridgehead atoms. The van der Waals surface area contributed by atoms with Crippen molar-refractivity contribution in [1.82, 2.24) is 5.43 Å². The Kier molecular flexibility index (Phi) is 10.0. The SMILES string of the molecule is O=C(COc1c(Br)cc(Br)c(Cl)c1Br)N/N=C/c1ccc(OC(=O)c2ccc([N+](=O)[O-])cc2)c(Br)c1. The number of rotatable bonds is 8. The van der Waals surface area contributed by atoms with Gasteiger partial charge in [0, 0.05) is 16.6 Å². The molecule has 3 aromatic rings. The van der Waals surface area contributed by atoms with Gasteiger partial charge in [-0.25, -0.2) is 10.2 Å². The highest BCUT2D eigenvalue weighted by Crippen LogP contribution is 2.42. The Morgan fingerprint density at radius 2 is 1.72 bits per heavy atom. The zero-order chi connectivity index (χ0) is 26.4. The normalized spacial score (nSPS) is 10.8. The summed E-state index contributed by atoms with van der Waals surface area (Å²) < 4.78 is 13.0. The maximum atomic E-state index is 12.3. The molecule has 0 saturated carbocycles. The molecule has 0 aromatic heterocycles. The van der Waals surface area contributed by atoms with Crippen LogP contribution in [-0.2, 0) is 4.79 Å². The van der Waals surface area contributed by atoms with E-state index < -0.39 is 16.8 Å². The molecular formula is C22H12Br4ClN3O6. The minimum Gasteiger partial charge on any atom is -0.481 e. The van der Waals surface area contributed by atoms with Gasteiger partial charge in [-0.2, -0.15) is 5.10 Å². The van der Waals surface area contributed by atoms with Gasteiger partial charge in [0.1, 0.15) is 11.5 Å². The first-order valence-electron chi connectivity index (χ1n) is 9.60. The van der Waals surface area contributed by atoms with Crippen molar-refractivity contribution in [1.29, 1.82) is 0 Å². The molecule has 0 aliphatic rings. The molecule has 0 unspecified atom stereocenters. The highest BCUT2D eigenvalue weighted by Gasteiger charge is 2.16. The number of carbonyl (C=O) groups is 2. The first-order chi connectivity index (χ1) is 17.1. The number of nitro groups is 1. The van der Waals surface area contributed by atoms with Crippen LogP contribution in [-0.4, -0.2) is 29.6 Å². The number of nitro benzene ring substituents is 1. The third-order valence-electron chi connectivity index (χ3n) is 4.29. The molecule has 0 aliphatic carbocycles. The average molecular weight is 769 g/mol. The smallest absolute Gasteiger partial charge is 0.343 e. The van der Waals surface area contributed by atoms with E-state index in [9.17, 15) is 19.7 Å². The lowest BCUT2D eigenvalue weighted by atomic mass is 10.2. The van der Waals surface area contributed by atoms with Crippen LogP contribution in [0.4, 0.5) is 5.69 Å². The van der Waals surface area contributed by atoms with Crippen LogP contribution in [0.1, 0.15) is 15.9 Å². The second-order valence-electron chi connectivity index (χ2n) is 6.76. The van der Waals surface area contributed by atoms with Gasteiger partial charge in [-0.15, -0.1) is 0 Å². The van der Waals surface area contributed by atoms with Crippen LogP contribution in [0.15, 0.2) is 71.5 Å². The molecule has 1 amide bonds.